The van der Waals surface area contributed by atoms with Crippen LogP contribution in [0.2, 0.25) is 0 Å². The minimum Gasteiger partial charge on any atom is -0.481 e. The molecule has 4 nitrogen and oxygen atoms in total. The Kier molecular flexibility index (Phi) is 5.30. The number of nitrogens with one attached hydrogen (secondary N) is 1. The quantitative estimate of drug-likeness (QED) is 0.641. The molecule has 76 valence electrons. The summed E-state index contributed by atoms with van der Waals surface area (Å²) in [5.41, 5.74) is 0. The number of Topliss-reactive ketones (excluding diaryl/α,β-unsaturated/α-hetero) is 1. The van der Waals surface area contributed by atoms with E-state index < -0.39 is 11.9 Å². The zero-order valence-corrected chi connectivity index (χ0v) is 8.33. The van der Waals surface area contributed by atoms with Crippen molar-refractivity contribution in [3.05, 3.63) is 0 Å². The molecule has 2 atom stereocenters. The molecule has 0 spiro atoms. The lowest BCUT2D eigenvalue weighted by Gasteiger charge is -2.16. The van der Waals surface area contributed by atoms with Crippen LogP contribution < -0.4 is 5.32 Å². The highest BCUT2D eigenvalue weighted by Crippen LogP contribution is 2.11. The van der Waals surface area contributed by atoms with Crippen molar-refractivity contribution in [2.24, 2.45) is 5.92 Å². The van der Waals surface area contributed by atoms with Crippen LogP contribution in [-0.4, -0.2) is 29.9 Å². The average molecular weight is 187 g/mol. The number of ketones is 1. The highest BCUT2D eigenvalue weighted by molar-refractivity contribution is 5.82. The Morgan fingerprint density at radius 1 is 1.46 bits per heavy atom. The normalized spacial score (nSPS) is 15.0. The first-order chi connectivity index (χ1) is 6.02. The molecule has 0 radical (unpaired) electrons. The van der Waals surface area contributed by atoms with E-state index in [1.807, 2.05) is 6.92 Å². The number of aliphatic carboxylic acids is 1. The Hall–Kier alpha value is -0.900. The lowest BCUT2D eigenvalue weighted by molar-refractivity contribution is -0.142. The molecule has 0 heterocycles. The molecule has 0 aliphatic heterocycles. The number of carbonyl (C=O) groups is 2. The maximum Gasteiger partial charge on any atom is 0.306 e. The number of rotatable bonds is 6. The molecule has 0 aliphatic rings. The maximum atomic E-state index is 11.0. The van der Waals surface area contributed by atoms with E-state index in [9.17, 15) is 9.59 Å². The number of carboxylic acid groups (broad SMARTS) is 1. The van der Waals surface area contributed by atoms with Crippen LogP contribution in [-0.2, 0) is 9.59 Å². The molecule has 0 aromatic rings. The second kappa shape index (κ2) is 5.70. The number of carbonyl (C=O) groups excluding carboxylic acids is 1. The molecule has 0 aromatic carbocycles. The van der Waals surface area contributed by atoms with E-state index in [1.165, 1.54) is 6.92 Å². The summed E-state index contributed by atoms with van der Waals surface area (Å²) in [5.74, 6) is -1.27. The van der Waals surface area contributed by atoms with Gasteiger partial charge in [-0.3, -0.25) is 9.59 Å². The van der Waals surface area contributed by atoms with Crippen molar-refractivity contribution in [1.82, 2.24) is 5.32 Å². The monoisotopic (exact) mass is 187 g/mol. The molecule has 0 rings (SSSR count). The van der Waals surface area contributed by atoms with Crippen LogP contribution in [0.1, 0.15) is 26.7 Å². The summed E-state index contributed by atoms with van der Waals surface area (Å²) in [6.07, 6.45) is 0.929. The molecule has 0 aliphatic carbocycles. The van der Waals surface area contributed by atoms with Gasteiger partial charge < -0.3 is 10.4 Å². The molecular weight excluding hydrogens is 170 g/mol. The van der Waals surface area contributed by atoms with Crippen LogP contribution in [0.5, 0.6) is 0 Å². The molecular formula is C9H17NO3. The summed E-state index contributed by atoms with van der Waals surface area (Å²) in [7, 11) is 1.67. The predicted octanol–water partition coefficient (Wildman–Crippen LogP) is 0.664. The number of hydrogen-bond donors (Lipinski definition) is 2. The fourth-order valence-electron chi connectivity index (χ4n) is 1.21. The van der Waals surface area contributed by atoms with E-state index in [1.54, 1.807) is 7.05 Å². The van der Waals surface area contributed by atoms with Crippen LogP contribution in [0.3, 0.4) is 0 Å². The number of likely N-dealkylation sites (N-methyl/N-ethyl adjacent to an activating group) is 1. The Balaban J connectivity index is 4.19. The summed E-state index contributed by atoms with van der Waals surface area (Å²) in [6.45, 7) is 3.28. The number of carboxylic acids is 1. The predicted molar refractivity (Wildman–Crippen MR) is 49.6 cm³/mol. The van der Waals surface area contributed by atoms with Gasteiger partial charge in [0.05, 0.1) is 12.0 Å². The molecule has 0 saturated heterocycles. The fourth-order valence-corrected chi connectivity index (χ4v) is 1.21. The minimum atomic E-state index is -0.830. The highest BCUT2D eigenvalue weighted by atomic mass is 16.4. The third kappa shape index (κ3) is 4.03. The van der Waals surface area contributed by atoms with Gasteiger partial charge in [0.25, 0.3) is 0 Å². The zero-order valence-electron chi connectivity index (χ0n) is 8.33. The van der Waals surface area contributed by atoms with Gasteiger partial charge in [0, 0.05) is 0 Å². The SMILES string of the molecule is CCC(CC(NC)C(C)=O)C(=O)O. The van der Waals surface area contributed by atoms with Gasteiger partial charge in [-0.25, -0.2) is 0 Å². The summed E-state index contributed by atoms with van der Waals surface area (Å²) in [6, 6.07) is -0.332. The molecule has 0 aromatic heterocycles. The molecule has 2 N–H and O–H groups in total. The van der Waals surface area contributed by atoms with Crippen molar-refractivity contribution < 1.29 is 14.7 Å². The van der Waals surface area contributed by atoms with Gasteiger partial charge in [0.15, 0.2) is 0 Å². The minimum absolute atomic E-state index is 0.0119. The van der Waals surface area contributed by atoms with Crippen LogP contribution in [0, 0.1) is 5.92 Å². The first-order valence-corrected chi connectivity index (χ1v) is 4.43. The van der Waals surface area contributed by atoms with Gasteiger partial charge >= 0.3 is 5.97 Å². The van der Waals surface area contributed by atoms with Crippen LogP contribution >= 0.6 is 0 Å². The Morgan fingerprint density at radius 2 is 2.00 bits per heavy atom. The highest BCUT2D eigenvalue weighted by Gasteiger charge is 2.22. The second-order valence-corrected chi connectivity index (χ2v) is 3.13. The van der Waals surface area contributed by atoms with Crippen molar-refractivity contribution in [3.63, 3.8) is 0 Å². The molecule has 4 heteroatoms. The van der Waals surface area contributed by atoms with E-state index in [0.29, 0.717) is 12.8 Å². The lowest BCUT2D eigenvalue weighted by Crippen LogP contribution is -2.35. The number of hydrogen-bond acceptors (Lipinski definition) is 3. The van der Waals surface area contributed by atoms with Gasteiger partial charge in [-0.1, -0.05) is 6.92 Å². The standard InChI is InChI=1S/C9H17NO3/c1-4-7(9(12)13)5-8(10-3)6(2)11/h7-8,10H,4-5H2,1-3H3,(H,12,13). The van der Waals surface area contributed by atoms with E-state index in [0.717, 1.165) is 0 Å². The second-order valence-electron chi connectivity index (χ2n) is 3.13. The molecule has 13 heavy (non-hydrogen) atoms. The van der Waals surface area contributed by atoms with Crippen molar-refractivity contribution >= 4 is 11.8 Å². The summed E-state index contributed by atoms with van der Waals surface area (Å²) in [5, 5.41) is 11.6. The lowest BCUT2D eigenvalue weighted by atomic mass is 9.95. The third-order valence-corrected chi connectivity index (χ3v) is 2.20. The Labute approximate surface area is 78.3 Å². The van der Waals surface area contributed by atoms with Crippen LogP contribution in [0.25, 0.3) is 0 Å². The summed E-state index contributed by atoms with van der Waals surface area (Å²) < 4.78 is 0. The first-order valence-electron chi connectivity index (χ1n) is 4.43. The smallest absolute Gasteiger partial charge is 0.306 e. The Bertz CT molecular complexity index is 171. The van der Waals surface area contributed by atoms with Gasteiger partial charge in [0.1, 0.15) is 5.78 Å². The summed E-state index contributed by atoms with van der Waals surface area (Å²) in [4.78, 5) is 21.7. The van der Waals surface area contributed by atoms with Gasteiger partial charge in [-0.15, -0.1) is 0 Å². The van der Waals surface area contributed by atoms with Crippen molar-refractivity contribution in [3.8, 4) is 0 Å². The summed E-state index contributed by atoms with van der Waals surface area (Å²) >= 11 is 0. The van der Waals surface area contributed by atoms with E-state index in [4.69, 9.17) is 5.11 Å². The molecule has 0 amide bonds. The molecule has 0 fully saturated rings. The third-order valence-electron chi connectivity index (χ3n) is 2.20. The van der Waals surface area contributed by atoms with E-state index in [-0.39, 0.29) is 11.8 Å². The van der Waals surface area contributed by atoms with Gasteiger partial charge in [-0.2, -0.15) is 0 Å². The zero-order chi connectivity index (χ0) is 10.4. The first kappa shape index (κ1) is 12.1. The fraction of sp³-hybridized carbons (Fsp3) is 0.778. The van der Waals surface area contributed by atoms with Crippen LogP contribution in [0.15, 0.2) is 0 Å². The molecule has 0 saturated carbocycles. The van der Waals surface area contributed by atoms with Crippen molar-refractivity contribution in [2.45, 2.75) is 32.7 Å². The van der Waals surface area contributed by atoms with Gasteiger partial charge in [0.2, 0.25) is 0 Å². The molecule has 0 bridgehead atoms. The molecule has 2 unspecified atom stereocenters. The largest absolute Gasteiger partial charge is 0.481 e. The van der Waals surface area contributed by atoms with Crippen molar-refractivity contribution in [2.75, 3.05) is 7.05 Å². The average Bonchev–Trinajstić information content (AvgIpc) is 2.05. The van der Waals surface area contributed by atoms with Crippen molar-refractivity contribution in [1.29, 1.82) is 0 Å². The maximum absolute atomic E-state index is 11.0. The Morgan fingerprint density at radius 3 is 2.23 bits per heavy atom. The topological polar surface area (TPSA) is 66.4 Å². The van der Waals surface area contributed by atoms with E-state index in [2.05, 4.69) is 5.32 Å². The van der Waals surface area contributed by atoms with Gasteiger partial charge in [-0.05, 0) is 26.8 Å². The van der Waals surface area contributed by atoms with Crippen LogP contribution in [0.4, 0.5) is 0 Å². The van der Waals surface area contributed by atoms with E-state index >= 15 is 0 Å².